The lowest BCUT2D eigenvalue weighted by atomic mass is 10.0. The van der Waals surface area contributed by atoms with Gasteiger partial charge >= 0.3 is 5.76 Å². The van der Waals surface area contributed by atoms with Crippen molar-refractivity contribution >= 4 is 38.4 Å². The van der Waals surface area contributed by atoms with Crippen molar-refractivity contribution < 1.29 is 13.9 Å². The van der Waals surface area contributed by atoms with Crippen LogP contribution in [-0.2, 0) is 23.0 Å². The molecule has 0 aliphatic carbocycles. The van der Waals surface area contributed by atoms with Gasteiger partial charge in [-0.25, -0.2) is 4.79 Å². The molecule has 2 aromatic heterocycles. The van der Waals surface area contributed by atoms with Crippen LogP contribution in [0.15, 0.2) is 51.7 Å². The molecule has 174 valence electrons. The molecule has 0 radical (unpaired) electrons. The van der Waals surface area contributed by atoms with Crippen LogP contribution >= 0.6 is 11.3 Å². The highest BCUT2D eigenvalue weighted by molar-refractivity contribution is 7.19. The molecule has 2 atom stereocenters. The molecule has 1 fully saturated rings. The van der Waals surface area contributed by atoms with E-state index in [1.807, 2.05) is 30.3 Å². The standard InChI is InChI=1S/C25H24N4O4S/c1-29-20-10-15(5-6-21(20)33-25(29)31)16-3-4-17-9-19(34-23(17)11-16)12-18(13-26)28-24(30)22-14-27-7-2-8-32-22/h3-6,9-11,18,22,27H,2,7-8,12,14H2,1H3,(H,28,30). The molecule has 1 saturated heterocycles. The van der Waals surface area contributed by atoms with Gasteiger partial charge < -0.3 is 19.8 Å². The van der Waals surface area contributed by atoms with Gasteiger partial charge in [0.1, 0.15) is 12.1 Å². The second kappa shape index (κ2) is 9.43. The zero-order chi connectivity index (χ0) is 23.7. The number of nitriles is 1. The topological polar surface area (TPSA) is 109 Å². The number of oxazole rings is 1. The zero-order valence-electron chi connectivity index (χ0n) is 18.7. The van der Waals surface area contributed by atoms with Gasteiger partial charge in [0.25, 0.3) is 5.91 Å². The average molecular weight is 477 g/mol. The van der Waals surface area contributed by atoms with E-state index in [1.54, 1.807) is 18.4 Å². The first kappa shape index (κ1) is 22.3. The van der Waals surface area contributed by atoms with E-state index in [-0.39, 0.29) is 11.7 Å². The average Bonchev–Trinajstić information content (AvgIpc) is 3.22. The number of rotatable bonds is 5. The lowest BCUT2D eigenvalue weighted by Crippen LogP contribution is -2.46. The molecular formula is C25H24N4O4S. The Hall–Kier alpha value is -3.45. The normalized spacial score (nSPS) is 17.4. The Morgan fingerprint density at radius 1 is 1.29 bits per heavy atom. The van der Waals surface area contributed by atoms with Gasteiger partial charge in [-0.1, -0.05) is 18.2 Å². The Morgan fingerprint density at radius 3 is 2.97 bits per heavy atom. The van der Waals surface area contributed by atoms with Crippen molar-refractivity contribution in [3.8, 4) is 17.2 Å². The molecule has 1 aliphatic rings. The molecular weight excluding hydrogens is 452 g/mol. The number of fused-ring (bicyclic) bond motifs is 2. The Labute approximate surface area is 199 Å². The van der Waals surface area contributed by atoms with E-state index >= 15 is 0 Å². The minimum atomic E-state index is -0.628. The quantitative estimate of drug-likeness (QED) is 0.458. The van der Waals surface area contributed by atoms with Gasteiger partial charge in [0.05, 0.1) is 11.6 Å². The number of aryl methyl sites for hydroxylation is 1. The maximum absolute atomic E-state index is 12.6. The summed E-state index contributed by atoms with van der Waals surface area (Å²) < 4.78 is 13.4. The molecule has 2 N–H and O–H groups in total. The Balaban J connectivity index is 1.34. The number of hydrogen-bond donors (Lipinski definition) is 2. The smallest absolute Gasteiger partial charge is 0.408 e. The van der Waals surface area contributed by atoms with Crippen molar-refractivity contribution in [1.82, 2.24) is 15.2 Å². The lowest BCUT2D eigenvalue weighted by Gasteiger charge is -2.17. The highest BCUT2D eigenvalue weighted by Gasteiger charge is 2.23. The van der Waals surface area contributed by atoms with Crippen LogP contribution in [0.25, 0.3) is 32.3 Å². The van der Waals surface area contributed by atoms with Gasteiger partial charge in [0.15, 0.2) is 5.58 Å². The molecule has 0 spiro atoms. The van der Waals surface area contributed by atoms with Crippen LogP contribution in [0, 0.1) is 11.3 Å². The number of nitrogens with one attached hydrogen (secondary N) is 2. The minimum absolute atomic E-state index is 0.256. The number of benzene rings is 2. The van der Waals surface area contributed by atoms with E-state index in [0.29, 0.717) is 25.2 Å². The molecule has 5 rings (SSSR count). The minimum Gasteiger partial charge on any atom is -0.408 e. The van der Waals surface area contributed by atoms with Crippen LogP contribution in [0.4, 0.5) is 0 Å². The first-order valence-electron chi connectivity index (χ1n) is 11.2. The molecule has 1 aliphatic heterocycles. The summed E-state index contributed by atoms with van der Waals surface area (Å²) >= 11 is 1.61. The lowest BCUT2D eigenvalue weighted by molar-refractivity contribution is -0.132. The summed E-state index contributed by atoms with van der Waals surface area (Å²) in [7, 11) is 1.69. The van der Waals surface area contributed by atoms with Crippen molar-refractivity contribution in [3.05, 3.63) is 57.9 Å². The van der Waals surface area contributed by atoms with E-state index < -0.39 is 12.1 Å². The van der Waals surface area contributed by atoms with E-state index in [2.05, 4.69) is 28.8 Å². The molecule has 0 bridgehead atoms. The van der Waals surface area contributed by atoms with Crippen LogP contribution in [0.2, 0.25) is 0 Å². The summed E-state index contributed by atoms with van der Waals surface area (Å²) in [5.74, 6) is -0.639. The third-order valence-corrected chi connectivity index (χ3v) is 7.13. The number of amides is 1. The number of nitrogens with zero attached hydrogens (tertiary/aromatic N) is 2. The van der Waals surface area contributed by atoms with Crippen LogP contribution in [0.5, 0.6) is 0 Å². The van der Waals surface area contributed by atoms with E-state index in [4.69, 9.17) is 9.15 Å². The highest BCUT2D eigenvalue weighted by atomic mass is 32.1. The number of thiophene rings is 1. The predicted molar refractivity (Wildman–Crippen MR) is 131 cm³/mol. The number of aromatic nitrogens is 1. The summed E-state index contributed by atoms with van der Waals surface area (Å²) in [4.78, 5) is 25.4. The van der Waals surface area contributed by atoms with Crippen LogP contribution in [0.3, 0.4) is 0 Å². The number of hydrogen-bond acceptors (Lipinski definition) is 7. The van der Waals surface area contributed by atoms with Gasteiger partial charge in [-0.2, -0.15) is 5.26 Å². The van der Waals surface area contributed by atoms with Crippen molar-refractivity contribution in [3.63, 3.8) is 0 Å². The summed E-state index contributed by atoms with van der Waals surface area (Å²) in [5.41, 5.74) is 3.32. The van der Waals surface area contributed by atoms with Crippen molar-refractivity contribution in [1.29, 1.82) is 5.26 Å². The fourth-order valence-corrected chi connectivity index (χ4v) is 5.30. The predicted octanol–water partition coefficient (Wildman–Crippen LogP) is 2.94. The summed E-state index contributed by atoms with van der Waals surface area (Å²) in [6, 6.07) is 15.5. The zero-order valence-corrected chi connectivity index (χ0v) is 19.5. The Kier molecular flexibility index (Phi) is 6.20. The SMILES string of the molecule is Cn1c(=O)oc2ccc(-c3ccc4cc(CC(C#N)NC(=O)C5CNCCCO5)sc4c3)cc21. The number of carbonyl (C=O) groups excluding carboxylic acids is 1. The fraction of sp³-hybridized carbons (Fsp3) is 0.320. The summed E-state index contributed by atoms with van der Waals surface area (Å²) in [5, 5.41) is 16.7. The first-order chi connectivity index (χ1) is 16.5. The van der Waals surface area contributed by atoms with Crippen LogP contribution in [-0.4, -0.2) is 42.3 Å². The second-order valence-electron chi connectivity index (χ2n) is 8.39. The molecule has 2 aromatic carbocycles. The van der Waals surface area contributed by atoms with Crippen molar-refractivity contribution in [2.24, 2.45) is 7.05 Å². The monoisotopic (exact) mass is 476 g/mol. The van der Waals surface area contributed by atoms with Gasteiger partial charge in [0, 0.05) is 36.2 Å². The van der Waals surface area contributed by atoms with Gasteiger partial charge in [-0.15, -0.1) is 11.3 Å². The van der Waals surface area contributed by atoms with Gasteiger partial charge in [-0.3, -0.25) is 9.36 Å². The Morgan fingerprint density at radius 2 is 2.12 bits per heavy atom. The second-order valence-corrected chi connectivity index (χ2v) is 9.55. The maximum atomic E-state index is 12.6. The molecule has 2 unspecified atom stereocenters. The van der Waals surface area contributed by atoms with Gasteiger partial charge in [-0.05, 0) is 53.7 Å². The highest BCUT2D eigenvalue weighted by Crippen LogP contribution is 2.32. The fourth-order valence-electron chi connectivity index (χ4n) is 4.15. The molecule has 9 heteroatoms. The van der Waals surface area contributed by atoms with Crippen LogP contribution in [0.1, 0.15) is 11.3 Å². The molecule has 4 aromatic rings. The Bertz CT molecular complexity index is 1450. The molecule has 8 nitrogen and oxygen atoms in total. The molecule has 0 saturated carbocycles. The summed E-state index contributed by atoms with van der Waals surface area (Å²) in [6.07, 6.45) is 0.721. The number of carbonyl (C=O) groups is 1. The van der Waals surface area contributed by atoms with Crippen LogP contribution < -0.4 is 16.4 Å². The first-order valence-corrected chi connectivity index (χ1v) is 12.0. The third kappa shape index (κ3) is 4.48. The molecule has 3 heterocycles. The van der Waals surface area contributed by atoms with E-state index in [9.17, 15) is 14.9 Å². The van der Waals surface area contributed by atoms with Gasteiger partial charge in [0.2, 0.25) is 0 Å². The third-order valence-electron chi connectivity index (χ3n) is 6.01. The maximum Gasteiger partial charge on any atom is 0.419 e. The van der Waals surface area contributed by atoms with E-state index in [1.165, 1.54) is 4.57 Å². The number of ether oxygens (including phenoxy) is 1. The molecule has 1 amide bonds. The summed E-state index contributed by atoms with van der Waals surface area (Å²) in [6.45, 7) is 1.81. The van der Waals surface area contributed by atoms with Crippen molar-refractivity contribution in [2.45, 2.75) is 25.0 Å². The largest absolute Gasteiger partial charge is 0.419 e. The molecule has 34 heavy (non-hydrogen) atoms. The van der Waals surface area contributed by atoms with E-state index in [0.717, 1.165) is 44.6 Å². The van der Waals surface area contributed by atoms with Crippen molar-refractivity contribution in [2.75, 3.05) is 19.7 Å².